The number of carbonyl (C=O) groups is 1. The topological polar surface area (TPSA) is 101 Å². The summed E-state index contributed by atoms with van der Waals surface area (Å²) in [7, 11) is 1.45. The van der Waals surface area contributed by atoms with Gasteiger partial charge in [-0.3, -0.25) is 10.2 Å². The Kier molecular flexibility index (Phi) is 4.69. The number of hydrogen-bond donors (Lipinski definition) is 2. The van der Waals surface area contributed by atoms with E-state index >= 15 is 0 Å². The average Bonchev–Trinajstić information content (AvgIpc) is 2.66. The summed E-state index contributed by atoms with van der Waals surface area (Å²) >= 11 is 0. The van der Waals surface area contributed by atoms with Gasteiger partial charge in [-0.1, -0.05) is 36.4 Å². The highest BCUT2D eigenvalue weighted by molar-refractivity contribution is 6.14. The van der Waals surface area contributed by atoms with Crippen molar-refractivity contribution >= 4 is 22.5 Å². The van der Waals surface area contributed by atoms with Gasteiger partial charge in [-0.25, -0.2) is 4.79 Å². The van der Waals surface area contributed by atoms with E-state index < -0.39 is 11.7 Å². The Morgan fingerprint density at radius 2 is 1.73 bits per heavy atom. The first-order chi connectivity index (χ1) is 12.4. The zero-order chi connectivity index (χ0) is 18.8. The summed E-state index contributed by atoms with van der Waals surface area (Å²) in [5, 5.41) is 19.1. The zero-order valence-corrected chi connectivity index (χ0v) is 14.3. The van der Waals surface area contributed by atoms with Crippen LogP contribution in [0, 0.1) is 5.41 Å². The zero-order valence-electron chi connectivity index (χ0n) is 14.3. The van der Waals surface area contributed by atoms with Crippen LogP contribution in [-0.4, -0.2) is 29.8 Å². The van der Waals surface area contributed by atoms with Crippen molar-refractivity contribution in [2.24, 2.45) is 0 Å². The summed E-state index contributed by atoms with van der Waals surface area (Å²) in [6.07, 6.45) is -0.572. The third-order valence-corrected chi connectivity index (χ3v) is 4.22. The van der Waals surface area contributed by atoms with E-state index in [4.69, 9.17) is 14.6 Å². The van der Waals surface area contributed by atoms with Crippen LogP contribution in [0.25, 0.3) is 11.0 Å². The van der Waals surface area contributed by atoms with Crippen LogP contribution in [0.4, 0.5) is 0 Å². The lowest BCUT2D eigenvalue weighted by atomic mass is 9.99. The standard InChI is InChI=1S/C20H17NO5/c1-11(25-2)18(22)13-9-7-12(8-10-13)17(21)16-19(23)14-5-3-4-6-15(14)26-20(16)24/h3-11,21,23H,1-2H3. The fraction of sp³-hybridized carbons (Fsp3) is 0.150. The van der Waals surface area contributed by atoms with E-state index in [0.717, 1.165) is 0 Å². The van der Waals surface area contributed by atoms with E-state index in [1.165, 1.54) is 7.11 Å². The summed E-state index contributed by atoms with van der Waals surface area (Å²) in [6, 6.07) is 12.8. The molecular weight excluding hydrogens is 334 g/mol. The molecular formula is C20H17NO5. The molecule has 1 aromatic heterocycles. The summed E-state index contributed by atoms with van der Waals surface area (Å²) in [4.78, 5) is 24.3. The number of ketones is 1. The van der Waals surface area contributed by atoms with Gasteiger partial charge < -0.3 is 14.3 Å². The Hall–Kier alpha value is -3.25. The van der Waals surface area contributed by atoms with Gasteiger partial charge in [-0.2, -0.15) is 0 Å². The highest BCUT2D eigenvalue weighted by Gasteiger charge is 2.20. The lowest BCUT2D eigenvalue weighted by molar-refractivity contribution is 0.0655. The molecule has 2 aromatic carbocycles. The molecule has 0 aliphatic rings. The normalized spacial score (nSPS) is 12.1. The number of hydrogen-bond acceptors (Lipinski definition) is 6. The molecule has 0 amide bonds. The first kappa shape index (κ1) is 17.6. The minimum Gasteiger partial charge on any atom is -0.506 e. The van der Waals surface area contributed by atoms with Crippen LogP contribution in [0.1, 0.15) is 28.4 Å². The number of nitrogens with one attached hydrogen (secondary N) is 1. The molecule has 2 N–H and O–H groups in total. The number of ether oxygens (including phenoxy) is 1. The molecule has 0 spiro atoms. The second-order valence-electron chi connectivity index (χ2n) is 5.80. The lowest BCUT2D eigenvalue weighted by Gasteiger charge is -2.10. The van der Waals surface area contributed by atoms with Gasteiger partial charge in [-0.05, 0) is 19.1 Å². The molecule has 0 bridgehead atoms. The Bertz CT molecular complexity index is 1050. The maximum absolute atomic E-state index is 12.2. The minimum absolute atomic E-state index is 0.180. The minimum atomic E-state index is -0.792. The van der Waals surface area contributed by atoms with Crippen molar-refractivity contribution in [2.45, 2.75) is 13.0 Å². The second-order valence-corrected chi connectivity index (χ2v) is 5.80. The van der Waals surface area contributed by atoms with Crippen LogP contribution in [0.5, 0.6) is 5.75 Å². The number of methoxy groups -OCH3 is 1. The maximum Gasteiger partial charge on any atom is 0.349 e. The Balaban J connectivity index is 2.01. The SMILES string of the molecule is COC(C)C(=O)c1ccc(C(=N)c2c(O)c3ccccc3oc2=O)cc1. The molecule has 1 atom stereocenters. The van der Waals surface area contributed by atoms with Gasteiger partial charge in [-0.15, -0.1) is 0 Å². The summed E-state index contributed by atoms with van der Waals surface area (Å²) < 4.78 is 10.2. The highest BCUT2D eigenvalue weighted by Crippen LogP contribution is 2.27. The van der Waals surface area contributed by atoms with Crippen molar-refractivity contribution in [2.75, 3.05) is 7.11 Å². The Labute approximate surface area is 149 Å². The van der Waals surface area contributed by atoms with E-state index in [0.29, 0.717) is 16.5 Å². The van der Waals surface area contributed by atoms with E-state index in [2.05, 4.69) is 0 Å². The van der Waals surface area contributed by atoms with E-state index in [-0.39, 0.29) is 28.4 Å². The van der Waals surface area contributed by atoms with Crippen molar-refractivity contribution in [3.05, 3.63) is 75.6 Å². The van der Waals surface area contributed by atoms with Gasteiger partial charge in [0.25, 0.3) is 0 Å². The quantitative estimate of drug-likeness (QED) is 0.418. The first-order valence-electron chi connectivity index (χ1n) is 7.95. The molecule has 0 radical (unpaired) electrons. The Morgan fingerprint density at radius 3 is 2.38 bits per heavy atom. The number of rotatable bonds is 5. The molecule has 6 heteroatoms. The monoisotopic (exact) mass is 351 g/mol. The van der Waals surface area contributed by atoms with Crippen LogP contribution in [0.15, 0.2) is 57.7 Å². The second kappa shape index (κ2) is 6.93. The number of carbonyl (C=O) groups excluding carboxylic acids is 1. The van der Waals surface area contributed by atoms with Crippen LogP contribution in [0.2, 0.25) is 0 Å². The predicted octanol–water partition coefficient (Wildman–Crippen LogP) is 3.13. The molecule has 3 rings (SSSR count). The summed E-state index contributed by atoms with van der Waals surface area (Å²) in [6.45, 7) is 1.65. The van der Waals surface area contributed by atoms with Gasteiger partial charge in [0.15, 0.2) is 5.78 Å². The third kappa shape index (κ3) is 3.02. The molecule has 0 saturated heterocycles. The van der Waals surface area contributed by atoms with E-state index in [9.17, 15) is 14.7 Å². The number of aromatic hydroxyl groups is 1. The average molecular weight is 351 g/mol. The van der Waals surface area contributed by atoms with Crippen LogP contribution < -0.4 is 5.63 Å². The van der Waals surface area contributed by atoms with Crippen molar-refractivity contribution in [1.82, 2.24) is 0 Å². The summed E-state index contributed by atoms with van der Waals surface area (Å²) in [5.74, 6) is -0.478. The van der Waals surface area contributed by atoms with E-state index in [1.807, 2.05) is 0 Å². The van der Waals surface area contributed by atoms with Crippen LogP contribution in [-0.2, 0) is 4.74 Å². The van der Waals surface area contributed by atoms with Gasteiger partial charge >= 0.3 is 5.63 Å². The van der Waals surface area contributed by atoms with Crippen molar-refractivity contribution in [3.63, 3.8) is 0 Å². The highest BCUT2D eigenvalue weighted by atomic mass is 16.5. The van der Waals surface area contributed by atoms with E-state index in [1.54, 1.807) is 55.5 Å². The molecule has 1 heterocycles. The van der Waals surface area contributed by atoms with Gasteiger partial charge in [0.05, 0.1) is 11.1 Å². The smallest absolute Gasteiger partial charge is 0.349 e. The molecule has 26 heavy (non-hydrogen) atoms. The van der Waals surface area contributed by atoms with Crippen LogP contribution in [0.3, 0.4) is 0 Å². The molecule has 3 aromatic rings. The molecule has 0 aliphatic heterocycles. The number of benzene rings is 2. The fourth-order valence-electron chi connectivity index (χ4n) is 2.64. The lowest BCUT2D eigenvalue weighted by Crippen LogP contribution is -2.19. The van der Waals surface area contributed by atoms with Crippen molar-refractivity contribution < 1.29 is 19.1 Å². The number of Topliss-reactive ketones (excluding diaryl/α,β-unsaturated/α-hetero) is 1. The number of fused-ring (bicyclic) bond motifs is 1. The Morgan fingerprint density at radius 1 is 1.12 bits per heavy atom. The first-order valence-corrected chi connectivity index (χ1v) is 7.95. The van der Waals surface area contributed by atoms with Gasteiger partial charge in [0, 0.05) is 18.2 Å². The third-order valence-electron chi connectivity index (χ3n) is 4.22. The molecule has 1 unspecified atom stereocenters. The molecule has 0 fully saturated rings. The van der Waals surface area contributed by atoms with Crippen molar-refractivity contribution in [1.29, 1.82) is 5.41 Å². The van der Waals surface area contributed by atoms with Crippen LogP contribution >= 0.6 is 0 Å². The molecule has 0 saturated carbocycles. The van der Waals surface area contributed by atoms with Crippen molar-refractivity contribution in [3.8, 4) is 5.75 Å². The van der Waals surface area contributed by atoms with Gasteiger partial charge in [0.1, 0.15) is 23.0 Å². The molecule has 6 nitrogen and oxygen atoms in total. The molecule has 0 aliphatic carbocycles. The largest absolute Gasteiger partial charge is 0.506 e. The number of para-hydroxylation sites is 1. The van der Waals surface area contributed by atoms with Gasteiger partial charge in [0.2, 0.25) is 0 Å². The predicted molar refractivity (Wildman–Crippen MR) is 97.3 cm³/mol. The fourth-order valence-corrected chi connectivity index (χ4v) is 2.64. The molecule has 132 valence electrons. The maximum atomic E-state index is 12.2. The summed E-state index contributed by atoms with van der Waals surface area (Å²) in [5.41, 5.74) is -0.121.